The summed E-state index contributed by atoms with van der Waals surface area (Å²) in [6, 6.07) is 2.58. The fourth-order valence-electron chi connectivity index (χ4n) is 2.82. The molecular weight excluding hydrogens is 176 g/mol. The minimum atomic E-state index is 0.275. The minimum absolute atomic E-state index is 0.275. The second kappa shape index (κ2) is 4.00. The zero-order chi connectivity index (χ0) is 9.97. The molecule has 2 aliphatic rings. The van der Waals surface area contributed by atoms with E-state index in [0.717, 1.165) is 12.8 Å². The highest BCUT2D eigenvalue weighted by Gasteiger charge is 2.40. The number of hydrogen-bond acceptors (Lipinski definition) is 2. The van der Waals surface area contributed by atoms with E-state index in [0.29, 0.717) is 24.9 Å². The monoisotopic (exact) mass is 192 g/mol. The van der Waals surface area contributed by atoms with Crippen LogP contribution in [-0.4, -0.2) is 23.4 Å². The summed E-state index contributed by atoms with van der Waals surface area (Å²) in [6.07, 6.45) is 6.10. The van der Waals surface area contributed by atoms with E-state index in [1.165, 1.54) is 19.3 Å². The molecule has 1 heterocycles. The van der Waals surface area contributed by atoms with Gasteiger partial charge in [-0.3, -0.25) is 4.79 Å². The summed E-state index contributed by atoms with van der Waals surface area (Å²) in [5, 5.41) is 8.52. The number of likely N-dealkylation sites (tertiary alicyclic amines) is 1. The number of rotatable bonds is 2. The smallest absolute Gasteiger partial charge is 0.223 e. The third-order valence-electron chi connectivity index (χ3n) is 3.49. The highest BCUT2D eigenvalue weighted by atomic mass is 16.2. The molecule has 0 aromatic carbocycles. The lowest BCUT2D eigenvalue weighted by molar-refractivity contribution is -0.128. The Kier molecular flexibility index (Phi) is 2.72. The molecule has 0 spiro atoms. The van der Waals surface area contributed by atoms with Crippen molar-refractivity contribution >= 4 is 5.91 Å². The van der Waals surface area contributed by atoms with Crippen LogP contribution in [0, 0.1) is 17.2 Å². The van der Waals surface area contributed by atoms with Crippen LogP contribution in [0.25, 0.3) is 0 Å². The molecule has 1 saturated heterocycles. The van der Waals surface area contributed by atoms with Gasteiger partial charge in [-0.05, 0) is 18.8 Å². The van der Waals surface area contributed by atoms with E-state index in [2.05, 4.69) is 6.07 Å². The fraction of sp³-hybridized carbons (Fsp3) is 0.818. The molecule has 2 rings (SSSR count). The third kappa shape index (κ3) is 1.61. The van der Waals surface area contributed by atoms with E-state index >= 15 is 0 Å². The average Bonchev–Trinajstić information content (AvgIpc) is 2.51. The largest absolute Gasteiger partial charge is 0.338 e. The Morgan fingerprint density at radius 3 is 3.00 bits per heavy atom. The molecule has 1 aliphatic heterocycles. The minimum Gasteiger partial charge on any atom is -0.338 e. The lowest BCUT2D eigenvalue weighted by Crippen LogP contribution is -2.37. The molecule has 3 nitrogen and oxygen atoms in total. The molecule has 14 heavy (non-hydrogen) atoms. The second-order valence-corrected chi connectivity index (χ2v) is 4.31. The van der Waals surface area contributed by atoms with Gasteiger partial charge in [-0.15, -0.1) is 0 Å². The zero-order valence-electron chi connectivity index (χ0n) is 8.41. The molecule has 1 saturated carbocycles. The Balaban J connectivity index is 2.01. The molecule has 2 fully saturated rings. The van der Waals surface area contributed by atoms with Crippen molar-refractivity contribution in [2.24, 2.45) is 5.92 Å². The van der Waals surface area contributed by atoms with E-state index in [-0.39, 0.29) is 5.91 Å². The summed E-state index contributed by atoms with van der Waals surface area (Å²) in [5.74, 6) is 0.868. The molecule has 3 heteroatoms. The maximum atomic E-state index is 11.7. The van der Waals surface area contributed by atoms with Crippen LogP contribution in [-0.2, 0) is 4.79 Å². The maximum Gasteiger partial charge on any atom is 0.223 e. The van der Waals surface area contributed by atoms with Gasteiger partial charge in [-0.1, -0.05) is 12.8 Å². The van der Waals surface area contributed by atoms with Crippen molar-refractivity contribution in [2.75, 3.05) is 6.54 Å². The van der Waals surface area contributed by atoms with Crippen molar-refractivity contribution in [3.8, 4) is 6.07 Å². The van der Waals surface area contributed by atoms with E-state index in [4.69, 9.17) is 5.26 Å². The zero-order valence-corrected chi connectivity index (χ0v) is 8.41. The first-order valence-electron chi connectivity index (χ1n) is 5.49. The first-order valence-corrected chi connectivity index (χ1v) is 5.49. The van der Waals surface area contributed by atoms with Crippen molar-refractivity contribution in [1.29, 1.82) is 5.26 Å². The predicted molar refractivity (Wildman–Crippen MR) is 52.3 cm³/mol. The first kappa shape index (κ1) is 9.51. The summed E-state index contributed by atoms with van der Waals surface area (Å²) in [5.41, 5.74) is 0. The highest BCUT2D eigenvalue weighted by Crippen LogP contribution is 2.36. The van der Waals surface area contributed by atoms with Crippen LogP contribution in [0.1, 0.15) is 38.5 Å². The Morgan fingerprint density at radius 1 is 1.43 bits per heavy atom. The molecule has 1 amide bonds. The van der Waals surface area contributed by atoms with Crippen molar-refractivity contribution in [3.05, 3.63) is 0 Å². The maximum absolute atomic E-state index is 11.7. The predicted octanol–water partition coefficient (Wildman–Crippen LogP) is 1.69. The number of amides is 1. The Hall–Kier alpha value is -1.04. The van der Waals surface area contributed by atoms with Gasteiger partial charge in [0.05, 0.1) is 12.5 Å². The van der Waals surface area contributed by atoms with Crippen LogP contribution in [0.4, 0.5) is 0 Å². The lowest BCUT2D eigenvalue weighted by Gasteiger charge is -2.31. The topological polar surface area (TPSA) is 44.1 Å². The van der Waals surface area contributed by atoms with E-state index in [1.54, 1.807) is 0 Å². The van der Waals surface area contributed by atoms with Gasteiger partial charge in [-0.25, -0.2) is 0 Å². The van der Waals surface area contributed by atoms with Crippen LogP contribution in [0.15, 0.2) is 0 Å². The van der Waals surface area contributed by atoms with E-state index < -0.39 is 0 Å². The van der Waals surface area contributed by atoms with Crippen molar-refractivity contribution in [2.45, 2.75) is 44.6 Å². The van der Waals surface area contributed by atoms with Crippen molar-refractivity contribution < 1.29 is 4.79 Å². The van der Waals surface area contributed by atoms with Gasteiger partial charge in [0, 0.05) is 19.0 Å². The molecule has 76 valence electrons. The van der Waals surface area contributed by atoms with Gasteiger partial charge in [0.1, 0.15) is 0 Å². The molecule has 0 bridgehead atoms. The number of fused-ring (bicyclic) bond motifs is 1. The Morgan fingerprint density at radius 2 is 2.21 bits per heavy atom. The van der Waals surface area contributed by atoms with Crippen LogP contribution in [0.2, 0.25) is 0 Å². The van der Waals surface area contributed by atoms with Gasteiger partial charge < -0.3 is 4.90 Å². The lowest BCUT2D eigenvalue weighted by atomic mass is 9.85. The number of carbonyl (C=O) groups excluding carboxylic acids is 1. The SMILES string of the molecule is N#CCCN1C(=O)CC2CCCCC21. The molecule has 0 aromatic heterocycles. The highest BCUT2D eigenvalue weighted by molar-refractivity contribution is 5.79. The second-order valence-electron chi connectivity index (χ2n) is 4.31. The third-order valence-corrected chi connectivity index (χ3v) is 3.49. The molecule has 1 aliphatic carbocycles. The standard InChI is InChI=1S/C11H16N2O/c12-6-3-7-13-10-5-2-1-4-9(10)8-11(13)14/h9-10H,1-5,7-8H2. The van der Waals surface area contributed by atoms with Crippen LogP contribution in [0.5, 0.6) is 0 Å². The van der Waals surface area contributed by atoms with Gasteiger partial charge in [-0.2, -0.15) is 5.26 Å². The molecule has 0 radical (unpaired) electrons. The summed E-state index contributed by atoms with van der Waals surface area (Å²) in [6.45, 7) is 0.649. The average molecular weight is 192 g/mol. The normalized spacial score (nSPS) is 31.4. The summed E-state index contributed by atoms with van der Waals surface area (Å²) in [7, 11) is 0. The molecular formula is C11H16N2O. The quantitative estimate of drug-likeness (QED) is 0.668. The summed E-state index contributed by atoms with van der Waals surface area (Å²) < 4.78 is 0. The van der Waals surface area contributed by atoms with Crippen LogP contribution >= 0.6 is 0 Å². The van der Waals surface area contributed by atoms with E-state index in [1.807, 2.05) is 4.90 Å². The Labute approximate surface area is 84.7 Å². The number of nitrogens with zero attached hydrogens (tertiary/aromatic N) is 2. The number of nitriles is 1. The molecule has 0 aromatic rings. The van der Waals surface area contributed by atoms with Gasteiger partial charge >= 0.3 is 0 Å². The number of hydrogen-bond donors (Lipinski definition) is 0. The van der Waals surface area contributed by atoms with Crippen LogP contribution in [0.3, 0.4) is 0 Å². The van der Waals surface area contributed by atoms with Gasteiger partial charge in [0.25, 0.3) is 0 Å². The molecule has 2 atom stereocenters. The van der Waals surface area contributed by atoms with Crippen LogP contribution < -0.4 is 0 Å². The molecule has 0 N–H and O–H groups in total. The first-order chi connectivity index (χ1) is 6.83. The van der Waals surface area contributed by atoms with E-state index in [9.17, 15) is 4.79 Å². The molecule has 2 unspecified atom stereocenters. The Bertz CT molecular complexity index is 269. The van der Waals surface area contributed by atoms with Crippen molar-refractivity contribution in [1.82, 2.24) is 4.90 Å². The summed E-state index contributed by atoms with van der Waals surface area (Å²) >= 11 is 0. The number of carbonyl (C=O) groups is 1. The fourth-order valence-corrected chi connectivity index (χ4v) is 2.82. The van der Waals surface area contributed by atoms with Gasteiger partial charge in [0.15, 0.2) is 0 Å². The van der Waals surface area contributed by atoms with Gasteiger partial charge in [0.2, 0.25) is 5.91 Å². The van der Waals surface area contributed by atoms with Crippen molar-refractivity contribution in [3.63, 3.8) is 0 Å². The summed E-state index contributed by atoms with van der Waals surface area (Å²) in [4.78, 5) is 13.6.